The summed E-state index contributed by atoms with van der Waals surface area (Å²) < 4.78 is 36.9. The summed E-state index contributed by atoms with van der Waals surface area (Å²) >= 11 is 0. The van der Waals surface area contributed by atoms with Crippen molar-refractivity contribution < 1.29 is 23.1 Å². The topological polar surface area (TPSA) is 68.4 Å². The number of H-pyrrole nitrogens is 1. The number of hydrogen-bond donors (Lipinski definition) is 3. The number of halogens is 3. The molecule has 2 amide bonds. The van der Waals surface area contributed by atoms with Crippen molar-refractivity contribution in [3.63, 3.8) is 0 Å². The van der Waals surface area contributed by atoms with Gasteiger partial charge in [-0.2, -0.15) is 13.2 Å². The Hall–Kier alpha value is -2.22. The Balaban J connectivity index is 1.89. The number of aliphatic hydroxyl groups excluding tert-OH is 1. The van der Waals surface area contributed by atoms with E-state index in [0.717, 1.165) is 27.1 Å². The maximum Gasteiger partial charge on any atom is 0.416 e. The van der Waals surface area contributed by atoms with Gasteiger partial charge in [-0.25, -0.2) is 4.79 Å². The molecule has 0 bridgehead atoms. The fourth-order valence-electron chi connectivity index (χ4n) is 2.53. The smallest absolute Gasteiger partial charge is 0.382 e. The van der Waals surface area contributed by atoms with Gasteiger partial charge in [-0.15, -0.1) is 0 Å². The number of para-hydroxylation sites is 1. The van der Waals surface area contributed by atoms with Gasteiger partial charge in [0.05, 0.1) is 6.54 Å². The van der Waals surface area contributed by atoms with E-state index in [2.05, 4.69) is 10.3 Å². The van der Waals surface area contributed by atoms with Gasteiger partial charge in [0.1, 0.15) is 0 Å². The number of aromatic amines is 1. The molecule has 5 nitrogen and oxygen atoms in total. The van der Waals surface area contributed by atoms with Gasteiger partial charge in [-0.05, 0) is 25.0 Å². The SMILES string of the molecule is Cc1[nH]c2ccccc2c1CCNC(=O)N(C)C[C@H](O)C(F)(F)F. The average molecular weight is 343 g/mol. The predicted octanol–water partition coefficient (Wildman–Crippen LogP) is 2.58. The molecule has 0 unspecified atom stereocenters. The van der Waals surface area contributed by atoms with Crippen LogP contribution in [-0.2, 0) is 6.42 Å². The summed E-state index contributed by atoms with van der Waals surface area (Å²) in [6.45, 7) is 1.42. The van der Waals surface area contributed by atoms with Gasteiger partial charge < -0.3 is 20.3 Å². The first-order valence-corrected chi connectivity index (χ1v) is 7.50. The zero-order chi connectivity index (χ0) is 17.9. The number of carbonyl (C=O) groups is 1. The van der Waals surface area contributed by atoms with Crippen molar-refractivity contribution in [1.82, 2.24) is 15.2 Å². The predicted molar refractivity (Wildman–Crippen MR) is 84.8 cm³/mol. The first kappa shape index (κ1) is 18.1. The maximum atomic E-state index is 12.3. The zero-order valence-corrected chi connectivity index (χ0v) is 13.4. The van der Waals surface area contributed by atoms with Crippen molar-refractivity contribution in [1.29, 1.82) is 0 Å². The van der Waals surface area contributed by atoms with Crippen molar-refractivity contribution in [2.45, 2.75) is 25.6 Å². The fraction of sp³-hybridized carbons (Fsp3) is 0.438. The van der Waals surface area contributed by atoms with Gasteiger partial charge in [0.25, 0.3) is 0 Å². The van der Waals surface area contributed by atoms with E-state index >= 15 is 0 Å². The Kier molecular flexibility index (Phi) is 5.38. The van der Waals surface area contributed by atoms with E-state index in [0.29, 0.717) is 6.42 Å². The normalized spacial score (nSPS) is 13.1. The molecule has 0 spiro atoms. The second-order valence-electron chi connectivity index (χ2n) is 5.69. The molecular weight excluding hydrogens is 323 g/mol. The third-order valence-electron chi connectivity index (χ3n) is 3.85. The molecule has 0 fully saturated rings. The second kappa shape index (κ2) is 7.12. The number of hydrogen-bond acceptors (Lipinski definition) is 2. The summed E-state index contributed by atoms with van der Waals surface area (Å²) in [4.78, 5) is 15.9. The van der Waals surface area contributed by atoms with Crippen molar-refractivity contribution in [3.05, 3.63) is 35.5 Å². The minimum absolute atomic E-state index is 0.286. The van der Waals surface area contributed by atoms with Crippen LogP contribution >= 0.6 is 0 Å². The highest BCUT2D eigenvalue weighted by Crippen LogP contribution is 2.22. The van der Waals surface area contributed by atoms with E-state index in [1.807, 2.05) is 31.2 Å². The number of benzene rings is 1. The van der Waals surface area contributed by atoms with Crippen LogP contribution in [0.3, 0.4) is 0 Å². The van der Waals surface area contributed by atoms with E-state index < -0.39 is 24.9 Å². The molecule has 1 atom stereocenters. The van der Waals surface area contributed by atoms with E-state index in [1.165, 1.54) is 7.05 Å². The van der Waals surface area contributed by atoms with Crippen LogP contribution in [0.4, 0.5) is 18.0 Å². The van der Waals surface area contributed by atoms with Gasteiger partial charge in [0.2, 0.25) is 0 Å². The van der Waals surface area contributed by atoms with Crippen LogP contribution in [0.2, 0.25) is 0 Å². The number of likely N-dealkylation sites (N-methyl/N-ethyl adjacent to an activating group) is 1. The summed E-state index contributed by atoms with van der Waals surface area (Å²) in [5.74, 6) is 0. The van der Waals surface area contributed by atoms with Gasteiger partial charge in [-0.3, -0.25) is 0 Å². The second-order valence-corrected chi connectivity index (χ2v) is 5.69. The van der Waals surface area contributed by atoms with E-state index in [-0.39, 0.29) is 6.54 Å². The lowest BCUT2D eigenvalue weighted by atomic mass is 10.1. The van der Waals surface area contributed by atoms with Crippen LogP contribution in [-0.4, -0.2) is 53.4 Å². The Bertz CT molecular complexity index is 712. The molecule has 2 rings (SSSR count). The highest BCUT2D eigenvalue weighted by molar-refractivity contribution is 5.84. The number of fused-ring (bicyclic) bond motifs is 1. The largest absolute Gasteiger partial charge is 0.416 e. The molecule has 132 valence electrons. The molecule has 8 heteroatoms. The monoisotopic (exact) mass is 343 g/mol. The number of nitrogens with one attached hydrogen (secondary N) is 2. The molecular formula is C16H20F3N3O2. The molecule has 24 heavy (non-hydrogen) atoms. The highest BCUT2D eigenvalue weighted by Gasteiger charge is 2.39. The lowest BCUT2D eigenvalue weighted by Crippen LogP contribution is -2.45. The number of amides is 2. The Morgan fingerprint density at radius 3 is 2.71 bits per heavy atom. The first-order valence-electron chi connectivity index (χ1n) is 7.50. The van der Waals surface area contributed by atoms with Gasteiger partial charge in [0, 0.05) is 30.2 Å². The first-order chi connectivity index (χ1) is 11.2. The quantitative estimate of drug-likeness (QED) is 0.781. The Morgan fingerprint density at radius 2 is 2.04 bits per heavy atom. The maximum absolute atomic E-state index is 12.3. The molecule has 0 saturated carbocycles. The van der Waals surface area contributed by atoms with E-state index in [9.17, 15) is 18.0 Å². The number of nitrogens with zero attached hydrogens (tertiary/aromatic N) is 1. The molecule has 0 radical (unpaired) electrons. The summed E-state index contributed by atoms with van der Waals surface area (Å²) in [5.41, 5.74) is 3.05. The molecule has 2 aromatic rings. The average Bonchev–Trinajstić information content (AvgIpc) is 2.82. The summed E-state index contributed by atoms with van der Waals surface area (Å²) in [7, 11) is 1.21. The number of urea groups is 1. The van der Waals surface area contributed by atoms with Crippen molar-refractivity contribution >= 4 is 16.9 Å². The molecule has 1 heterocycles. The fourth-order valence-corrected chi connectivity index (χ4v) is 2.53. The lowest BCUT2D eigenvalue weighted by molar-refractivity contribution is -0.205. The molecule has 0 aliphatic carbocycles. The third-order valence-corrected chi connectivity index (χ3v) is 3.85. The third kappa shape index (κ3) is 4.19. The van der Waals surface area contributed by atoms with E-state index in [1.54, 1.807) is 0 Å². The highest BCUT2D eigenvalue weighted by atomic mass is 19.4. The molecule has 3 N–H and O–H groups in total. The number of aliphatic hydroxyl groups is 1. The van der Waals surface area contributed by atoms with E-state index in [4.69, 9.17) is 5.11 Å². The minimum atomic E-state index is -4.74. The molecule has 0 saturated heterocycles. The Labute approximate surface area is 137 Å². The van der Waals surface area contributed by atoms with Crippen molar-refractivity contribution in [2.24, 2.45) is 0 Å². The van der Waals surface area contributed by atoms with Crippen LogP contribution in [0.15, 0.2) is 24.3 Å². The zero-order valence-electron chi connectivity index (χ0n) is 13.4. The lowest BCUT2D eigenvalue weighted by Gasteiger charge is -2.22. The summed E-state index contributed by atoms with van der Waals surface area (Å²) in [6.07, 6.45) is -6.74. The van der Waals surface area contributed by atoms with Crippen molar-refractivity contribution in [2.75, 3.05) is 20.1 Å². The number of carbonyl (C=O) groups excluding carboxylic acids is 1. The van der Waals surface area contributed by atoms with Crippen LogP contribution in [0.25, 0.3) is 10.9 Å². The molecule has 0 aliphatic rings. The number of aromatic nitrogens is 1. The molecule has 0 aliphatic heterocycles. The number of rotatable bonds is 5. The van der Waals surface area contributed by atoms with Gasteiger partial charge in [-0.1, -0.05) is 18.2 Å². The molecule has 1 aromatic heterocycles. The van der Waals surface area contributed by atoms with Crippen LogP contribution in [0, 0.1) is 6.92 Å². The van der Waals surface area contributed by atoms with Gasteiger partial charge >= 0.3 is 12.2 Å². The van der Waals surface area contributed by atoms with Crippen LogP contribution in [0.5, 0.6) is 0 Å². The van der Waals surface area contributed by atoms with Crippen LogP contribution in [0.1, 0.15) is 11.3 Å². The van der Waals surface area contributed by atoms with Gasteiger partial charge in [0.15, 0.2) is 6.10 Å². The number of aryl methyl sites for hydroxylation is 1. The Morgan fingerprint density at radius 1 is 1.38 bits per heavy atom. The summed E-state index contributed by atoms with van der Waals surface area (Å²) in [5, 5.41) is 12.6. The van der Waals surface area contributed by atoms with Crippen LogP contribution < -0.4 is 5.32 Å². The minimum Gasteiger partial charge on any atom is -0.382 e. The molecule has 1 aromatic carbocycles. The number of alkyl halides is 3. The van der Waals surface area contributed by atoms with Crippen molar-refractivity contribution in [3.8, 4) is 0 Å². The summed E-state index contributed by atoms with van der Waals surface area (Å²) in [6, 6.07) is 7.11. The standard InChI is InChI=1S/C16H20F3N3O2/c1-10-11(12-5-3-4-6-13(12)21-10)7-8-20-15(24)22(2)9-14(23)16(17,18)19/h3-6,14,21,23H,7-9H2,1-2H3,(H,20,24)/t14-/m0/s1.